The zero-order valence-corrected chi connectivity index (χ0v) is 26.4. The highest BCUT2D eigenvalue weighted by Crippen LogP contribution is 2.30. The molecular formula is C28H38N6O7S2. The fourth-order valence-corrected chi connectivity index (χ4v) is 6.13. The number of hydrogen-bond donors (Lipinski definition) is 3. The van der Waals surface area contributed by atoms with Crippen LogP contribution in [-0.2, 0) is 31.0 Å². The van der Waals surface area contributed by atoms with E-state index in [1.165, 1.54) is 30.0 Å². The summed E-state index contributed by atoms with van der Waals surface area (Å²) in [5.74, 6) is -1.71. The van der Waals surface area contributed by atoms with Gasteiger partial charge in [0.1, 0.15) is 23.0 Å². The number of likely N-dealkylation sites (N-methyl/N-ethyl adjacent to an activating group) is 2. The van der Waals surface area contributed by atoms with Gasteiger partial charge in [0.2, 0.25) is 15.9 Å². The minimum atomic E-state index is -4.40. The van der Waals surface area contributed by atoms with Crippen LogP contribution in [0, 0.1) is 0 Å². The molecule has 2 unspecified atom stereocenters. The van der Waals surface area contributed by atoms with Gasteiger partial charge in [-0.2, -0.15) is 0 Å². The highest BCUT2D eigenvalue weighted by molar-refractivity contribution is 7.98. The van der Waals surface area contributed by atoms with Crippen molar-refractivity contribution in [2.45, 2.75) is 42.1 Å². The van der Waals surface area contributed by atoms with Crippen molar-refractivity contribution in [2.75, 3.05) is 52.3 Å². The van der Waals surface area contributed by atoms with E-state index < -0.39 is 34.6 Å². The maximum Gasteiger partial charge on any atom is 0.305 e. The van der Waals surface area contributed by atoms with Gasteiger partial charge in [-0.05, 0) is 58.6 Å². The van der Waals surface area contributed by atoms with Crippen LogP contribution in [-0.4, -0.2) is 110 Å². The second kappa shape index (κ2) is 15.3. The van der Waals surface area contributed by atoms with Crippen LogP contribution < -0.4 is 14.8 Å². The first kappa shape index (κ1) is 34.0. The molecule has 234 valence electrons. The second-order valence-corrected chi connectivity index (χ2v) is 12.8. The van der Waals surface area contributed by atoms with E-state index in [1.807, 2.05) is 66.0 Å². The zero-order chi connectivity index (χ0) is 31.7. The number of imidazole rings is 1. The lowest BCUT2D eigenvalue weighted by Gasteiger charge is -2.21. The highest BCUT2D eigenvalue weighted by Gasteiger charge is 2.27. The van der Waals surface area contributed by atoms with Gasteiger partial charge in [0.05, 0.1) is 36.6 Å². The summed E-state index contributed by atoms with van der Waals surface area (Å²) in [6.45, 7) is 3.65. The Bertz CT molecular complexity index is 1540. The number of thioether (sulfide) groups is 1. The quantitative estimate of drug-likeness (QED) is 0.147. The van der Waals surface area contributed by atoms with Gasteiger partial charge in [-0.25, -0.2) is 18.1 Å². The first-order valence-corrected chi connectivity index (χ1v) is 16.2. The topological polar surface area (TPSA) is 163 Å². The monoisotopic (exact) mass is 634 g/mol. The van der Waals surface area contributed by atoms with Crippen LogP contribution in [0.2, 0.25) is 0 Å². The Balaban J connectivity index is 1.90. The molecular weight excluding hydrogens is 596 g/mol. The Morgan fingerprint density at radius 3 is 2.53 bits per heavy atom. The minimum absolute atomic E-state index is 0.0751. The molecule has 1 amide bonds. The number of carbonyl (C=O) groups excluding carboxylic acids is 2. The summed E-state index contributed by atoms with van der Waals surface area (Å²) in [6, 6.07) is 10.2. The number of carboxylic acid groups (broad SMARTS) is 1. The number of aldehydes is 1. The van der Waals surface area contributed by atoms with E-state index in [-0.39, 0.29) is 29.4 Å². The van der Waals surface area contributed by atoms with Crippen molar-refractivity contribution >= 4 is 56.7 Å². The zero-order valence-electron chi connectivity index (χ0n) is 24.8. The van der Waals surface area contributed by atoms with E-state index in [9.17, 15) is 22.8 Å². The molecule has 3 N–H and O–H groups in total. The molecule has 2 aromatic carbocycles. The summed E-state index contributed by atoms with van der Waals surface area (Å²) >= 11 is 1.47. The predicted molar refractivity (Wildman–Crippen MR) is 165 cm³/mol. The van der Waals surface area contributed by atoms with Crippen LogP contribution in [0.15, 0.2) is 52.5 Å². The Morgan fingerprint density at radius 2 is 1.88 bits per heavy atom. The Kier molecular flexibility index (Phi) is 12.1. The molecule has 0 aliphatic carbocycles. The normalized spacial score (nSPS) is 13.3. The molecule has 1 aromatic heterocycles. The fraction of sp³-hybridized carbons (Fsp3) is 0.429. The Labute approximate surface area is 255 Å². The number of carboxylic acids is 1. The van der Waals surface area contributed by atoms with Gasteiger partial charge in [-0.1, -0.05) is 23.9 Å². The number of nitrogens with zero attached hydrogens (tertiary/aromatic N) is 4. The van der Waals surface area contributed by atoms with Crippen molar-refractivity contribution in [1.82, 2.24) is 24.1 Å². The molecule has 0 spiro atoms. The first-order valence-electron chi connectivity index (χ1n) is 13.5. The van der Waals surface area contributed by atoms with Crippen molar-refractivity contribution in [1.29, 1.82) is 0 Å². The molecule has 13 nitrogen and oxygen atoms in total. The molecule has 0 bridgehead atoms. The molecule has 0 saturated carbocycles. The number of aromatic nitrogens is 2. The molecule has 3 aromatic rings. The summed E-state index contributed by atoms with van der Waals surface area (Å²) < 4.78 is 36.9. The van der Waals surface area contributed by atoms with Crippen molar-refractivity contribution < 1.29 is 32.6 Å². The third kappa shape index (κ3) is 9.76. The van der Waals surface area contributed by atoms with E-state index in [0.29, 0.717) is 18.8 Å². The number of ether oxygens (including phenoxy) is 1. The molecule has 0 fully saturated rings. The van der Waals surface area contributed by atoms with Crippen LogP contribution in [0.4, 0.5) is 5.69 Å². The summed E-state index contributed by atoms with van der Waals surface area (Å²) in [6.07, 6.45) is 0.839. The van der Waals surface area contributed by atoms with Crippen molar-refractivity contribution in [2.24, 2.45) is 0 Å². The van der Waals surface area contributed by atoms with Crippen molar-refractivity contribution in [3.05, 3.63) is 42.5 Å². The lowest BCUT2D eigenvalue weighted by molar-refractivity contribution is -0.138. The van der Waals surface area contributed by atoms with Crippen LogP contribution in [0.5, 0.6) is 5.75 Å². The molecule has 15 heteroatoms. The number of para-hydroxylation sites is 2. The third-order valence-corrected chi connectivity index (χ3v) is 8.50. The number of sulfonamides is 1. The second-order valence-electron chi connectivity index (χ2n) is 10.3. The average molecular weight is 635 g/mol. The molecule has 2 atom stereocenters. The fourth-order valence-electron chi connectivity index (χ4n) is 4.26. The molecule has 0 radical (unpaired) electrons. The predicted octanol–water partition coefficient (Wildman–Crippen LogP) is 1.98. The summed E-state index contributed by atoms with van der Waals surface area (Å²) in [4.78, 5) is 43.5. The van der Waals surface area contributed by atoms with Crippen molar-refractivity contribution in [3.8, 4) is 5.75 Å². The van der Waals surface area contributed by atoms with Gasteiger partial charge in [0.15, 0.2) is 5.16 Å². The molecule has 43 heavy (non-hydrogen) atoms. The number of nitrogens with one attached hydrogen (secondary N) is 2. The van der Waals surface area contributed by atoms with Crippen molar-refractivity contribution in [3.63, 3.8) is 0 Å². The average Bonchev–Trinajstić information content (AvgIpc) is 3.28. The smallest absolute Gasteiger partial charge is 0.305 e. The van der Waals surface area contributed by atoms with Crippen LogP contribution in [0.1, 0.15) is 13.3 Å². The number of aliphatic carboxylic acids is 1. The summed E-state index contributed by atoms with van der Waals surface area (Å²) in [5, 5.41) is 12.6. The SMILES string of the molecule is CSc1nc2ccccc2n1CC(C)Oc1cc(NC(=O)CN(C)CCN(C)C)ccc1S(=O)(=O)NC(C=O)CC(=O)O. The number of carbonyl (C=O) groups is 3. The largest absolute Gasteiger partial charge is 0.487 e. The summed E-state index contributed by atoms with van der Waals surface area (Å²) in [7, 11) is 1.31. The Hall–Kier alpha value is -3.50. The molecule has 3 rings (SSSR count). The standard InChI is InChI=1S/C28H38N6O7S2/c1-19(16-34-23-9-7-6-8-22(23)30-28(34)42-5)41-24-14-20(29-26(36)17-33(4)13-12-32(2)3)10-11-25(24)43(39,40)31-21(18-35)15-27(37)38/h6-11,14,18-19,21,31H,12-13,15-17H2,1-5H3,(H,29,36)(H,37,38). The maximum atomic E-state index is 13.3. The van der Waals surface area contributed by atoms with Gasteiger partial charge in [0.25, 0.3) is 0 Å². The summed E-state index contributed by atoms with van der Waals surface area (Å²) in [5.41, 5.74) is 2.01. The first-order chi connectivity index (χ1) is 20.3. The molecule has 0 saturated heterocycles. The third-order valence-electron chi connectivity index (χ3n) is 6.29. The van der Waals surface area contributed by atoms with Gasteiger partial charge >= 0.3 is 5.97 Å². The van der Waals surface area contributed by atoms with Gasteiger partial charge in [0, 0.05) is 24.8 Å². The number of fused-ring (bicyclic) bond motifs is 1. The number of amides is 1. The van der Waals surface area contributed by atoms with Gasteiger partial charge in [-0.3, -0.25) is 14.5 Å². The number of anilines is 1. The highest BCUT2D eigenvalue weighted by atomic mass is 32.2. The molecule has 0 aliphatic heterocycles. The van der Waals surface area contributed by atoms with Gasteiger partial charge < -0.3 is 29.4 Å². The van der Waals surface area contributed by atoms with E-state index in [2.05, 4.69) is 15.0 Å². The van der Waals surface area contributed by atoms with Crippen LogP contribution >= 0.6 is 11.8 Å². The molecule has 0 aliphatic rings. The Morgan fingerprint density at radius 1 is 1.16 bits per heavy atom. The van der Waals surface area contributed by atoms with E-state index >= 15 is 0 Å². The molecule has 1 heterocycles. The van der Waals surface area contributed by atoms with Gasteiger partial charge in [-0.15, -0.1) is 0 Å². The van der Waals surface area contributed by atoms with Crippen LogP contribution in [0.3, 0.4) is 0 Å². The van der Waals surface area contributed by atoms with E-state index in [1.54, 1.807) is 6.92 Å². The number of rotatable bonds is 17. The van der Waals surface area contributed by atoms with E-state index in [4.69, 9.17) is 9.84 Å². The lowest BCUT2D eigenvalue weighted by atomic mass is 10.2. The van der Waals surface area contributed by atoms with E-state index in [0.717, 1.165) is 22.7 Å². The lowest BCUT2D eigenvalue weighted by Crippen LogP contribution is -2.38. The maximum absolute atomic E-state index is 13.3. The number of benzene rings is 2. The van der Waals surface area contributed by atoms with Crippen LogP contribution in [0.25, 0.3) is 11.0 Å². The minimum Gasteiger partial charge on any atom is -0.487 e. The number of hydrogen-bond acceptors (Lipinski definition) is 10.